The van der Waals surface area contributed by atoms with Crippen molar-refractivity contribution in [3.05, 3.63) is 23.8 Å². The maximum atomic E-state index is 12.4. The number of benzene rings is 1. The largest absolute Gasteiger partial charge is 0.513 e. The zero-order valence-corrected chi connectivity index (χ0v) is 24.0. The van der Waals surface area contributed by atoms with Crippen molar-refractivity contribution < 1.29 is 47.6 Å². The van der Waals surface area contributed by atoms with E-state index in [2.05, 4.69) is 0 Å². The SMILES string of the molecule is CC(C)CCC(=O)O[C@@H](C)COC(=O)[C@@H](N)Cc1ccc(OC(=O)OCC(C)C)c(OC(=O)OCC(C)C)c1. The minimum atomic E-state index is -1.06. The first-order valence-corrected chi connectivity index (χ1v) is 13.2. The Hall–Kier alpha value is -3.34. The standard InChI is InChI=1S/C28H43NO10/c1-17(2)8-11-25(30)37-20(7)16-34-26(31)22(29)12-21-9-10-23(38-27(32)35-14-18(3)4)24(13-21)39-28(33)36-15-19(5)6/h9-10,13,17-20,22H,8,11-12,14-16,29H2,1-7H3/t20-,22-/m0/s1. The second-order valence-corrected chi connectivity index (χ2v) is 10.6. The summed E-state index contributed by atoms with van der Waals surface area (Å²) in [7, 11) is 0. The molecule has 0 radical (unpaired) electrons. The van der Waals surface area contributed by atoms with E-state index in [1.54, 1.807) is 13.0 Å². The number of esters is 2. The smallest absolute Gasteiger partial charge is 0.461 e. The fraction of sp³-hybridized carbons (Fsp3) is 0.643. The maximum Gasteiger partial charge on any atom is 0.513 e. The van der Waals surface area contributed by atoms with Gasteiger partial charge in [-0.15, -0.1) is 0 Å². The van der Waals surface area contributed by atoms with Gasteiger partial charge in [-0.1, -0.05) is 47.6 Å². The fourth-order valence-corrected chi connectivity index (χ4v) is 2.92. The molecule has 0 heterocycles. The van der Waals surface area contributed by atoms with Crippen molar-refractivity contribution >= 4 is 24.2 Å². The lowest BCUT2D eigenvalue weighted by Crippen LogP contribution is -2.36. The zero-order valence-electron chi connectivity index (χ0n) is 24.0. The highest BCUT2D eigenvalue weighted by Gasteiger charge is 2.21. The lowest BCUT2D eigenvalue weighted by molar-refractivity contribution is -0.158. The van der Waals surface area contributed by atoms with E-state index in [9.17, 15) is 19.2 Å². The summed E-state index contributed by atoms with van der Waals surface area (Å²) in [6.45, 7) is 13.3. The van der Waals surface area contributed by atoms with Gasteiger partial charge >= 0.3 is 24.2 Å². The van der Waals surface area contributed by atoms with Gasteiger partial charge in [0.25, 0.3) is 0 Å². The highest BCUT2D eigenvalue weighted by Crippen LogP contribution is 2.30. The third-order valence-electron chi connectivity index (χ3n) is 4.94. The molecule has 1 rings (SSSR count). The van der Waals surface area contributed by atoms with Crippen LogP contribution in [0.25, 0.3) is 0 Å². The quantitative estimate of drug-likeness (QED) is 0.181. The van der Waals surface area contributed by atoms with Gasteiger partial charge in [-0.3, -0.25) is 9.59 Å². The Morgan fingerprint density at radius 1 is 0.744 bits per heavy atom. The molecule has 0 fully saturated rings. The van der Waals surface area contributed by atoms with Crippen LogP contribution in [0.4, 0.5) is 9.59 Å². The molecule has 2 N–H and O–H groups in total. The Kier molecular flexibility index (Phi) is 14.9. The zero-order chi connectivity index (χ0) is 29.5. The van der Waals surface area contributed by atoms with Crippen molar-refractivity contribution in [1.82, 2.24) is 0 Å². The number of hydrogen-bond acceptors (Lipinski definition) is 11. The summed E-state index contributed by atoms with van der Waals surface area (Å²) in [5, 5.41) is 0. The van der Waals surface area contributed by atoms with E-state index in [1.807, 2.05) is 41.5 Å². The van der Waals surface area contributed by atoms with Gasteiger partial charge in [0.05, 0.1) is 13.2 Å². The molecule has 0 spiro atoms. The Balaban J connectivity index is 2.81. The summed E-state index contributed by atoms with van der Waals surface area (Å²) >= 11 is 0. The Labute approximate surface area is 230 Å². The first kappa shape index (κ1) is 33.7. The van der Waals surface area contributed by atoms with Crippen LogP contribution in [-0.4, -0.2) is 56.2 Å². The molecule has 11 nitrogen and oxygen atoms in total. The molecule has 2 atom stereocenters. The van der Waals surface area contributed by atoms with Crippen LogP contribution in [0.2, 0.25) is 0 Å². The van der Waals surface area contributed by atoms with Crippen LogP contribution >= 0.6 is 0 Å². The number of carbonyl (C=O) groups is 4. The predicted molar refractivity (Wildman–Crippen MR) is 142 cm³/mol. The van der Waals surface area contributed by atoms with E-state index in [4.69, 9.17) is 34.2 Å². The summed E-state index contributed by atoms with van der Waals surface area (Å²) in [4.78, 5) is 48.5. The molecule has 0 aliphatic carbocycles. The minimum Gasteiger partial charge on any atom is -0.461 e. The number of hydrogen-bond donors (Lipinski definition) is 1. The lowest BCUT2D eigenvalue weighted by atomic mass is 10.1. The molecular weight excluding hydrogens is 510 g/mol. The summed E-state index contributed by atoms with van der Waals surface area (Å²) in [5.41, 5.74) is 6.52. The molecule has 0 aliphatic rings. The molecule has 39 heavy (non-hydrogen) atoms. The second kappa shape index (κ2) is 17.3. The van der Waals surface area contributed by atoms with Crippen molar-refractivity contribution in [2.45, 2.75) is 79.9 Å². The van der Waals surface area contributed by atoms with Gasteiger partial charge in [0, 0.05) is 6.42 Å². The van der Waals surface area contributed by atoms with Crippen LogP contribution in [0.3, 0.4) is 0 Å². The molecule has 0 amide bonds. The Morgan fingerprint density at radius 3 is 1.85 bits per heavy atom. The molecule has 0 unspecified atom stereocenters. The number of carbonyl (C=O) groups excluding carboxylic acids is 4. The fourth-order valence-electron chi connectivity index (χ4n) is 2.92. The highest BCUT2D eigenvalue weighted by molar-refractivity contribution is 5.76. The molecule has 1 aromatic carbocycles. The average molecular weight is 554 g/mol. The van der Waals surface area contributed by atoms with Gasteiger partial charge < -0.3 is 34.2 Å². The summed E-state index contributed by atoms with van der Waals surface area (Å²) in [5.74, 6) is -0.672. The number of nitrogens with two attached hydrogens (primary N) is 1. The molecule has 0 saturated heterocycles. The number of rotatable bonds is 15. The molecule has 11 heteroatoms. The third-order valence-corrected chi connectivity index (χ3v) is 4.94. The molecule has 0 bridgehead atoms. The van der Waals surface area contributed by atoms with E-state index in [1.165, 1.54) is 12.1 Å². The first-order chi connectivity index (χ1) is 18.3. The van der Waals surface area contributed by atoms with Gasteiger partial charge in [0.15, 0.2) is 11.5 Å². The molecule has 0 aromatic heterocycles. The van der Waals surface area contributed by atoms with Crippen molar-refractivity contribution in [2.24, 2.45) is 23.5 Å². The van der Waals surface area contributed by atoms with Crippen LogP contribution in [0.5, 0.6) is 11.5 Å². The van der Waals surface area contributed by atoms with Gasteiger partial charge in [-0.2, -0.15) is 0 Å². The normalized spacial score (nSPS) is 12.6. The summed E-state index contributed by atoms with van der Waals surface area (Å²) in [6, 6.07) is 3.31. The van der Waals surface area contributed by atoms with Crippen LogP contribution in [-0.2, 0) is 35.0 Å². The highest BCUT2D eigenvalue weighted by atomic mass is 16.7. The van der Waals surface area contributed by atoms with E-state index in [0.717, 1.165) is 0 Å². The van der Waals surface area contributed by atoms with Crippen LogP contribution < -0.4 is 15.2 Å². The van der Waals surface area contributed by atoms with E-state index in [-0.39, 0.29) is 55.5 Å². The monoisotopic (exact) mass is 553 g/mol. The predicted octanol–water partition coefficient (Wildman–Crippen LogP) is 4.81. The summed E-state index contributed by atoms with van der Waals surface area (Å²) in [6.07, 6.45) is -1.54. The first-order valence-electron chi connectivity index (χ1n) is 13.2. The third kappa shape index (κ3) is 15.0. The van der Waals surface area contributed by atoms with Crippen LogP contribution in [0, 0.1) is 17.8 Å². The number of ether oxygens (including phenoxy) is 6. The lowest BCUT2D eigenvalue weighted by Gasteiger charge is -2.17. The minimum absolute atomic E-state index is 0.0247. The van der Waals surface area contributed by atoms with Crippen molar-refractivity contribution in [1.29, 1.82) is 0 Å². The Bertz CT molecular complexity index is 944. The van der Waals surface area contributed by atoms with Gasteiger partial charge in [0.2, 0.25) is 0 Å². The topological polar surface area (TPSA) is 150 Å². The van der Waals surface area contributed by atoms with E-state index >= 15 is 0 Å². The molecule has 220 valence electrons. The van der Waals surface area contributed by atoms with E-state index in [0.29, 0.717) is 24.3 Å². The summed E-state index contributed by atoms with van der Waals surface area (Å²) < 4.78 is 31.0. The van der Waals surface area contributed by atoms with Gasteiger partial charge in [-0.05, 0) is 55.2 Å². The molecule has 0 saturated carbocycles. The second-order valence-electron chi connectivity index (χ2n) is 10.6. The van der Waals surface area contributed by atoms with Gasteiger partial charge in [0.1, 0.15) is 18.8 Å². The molecule has 1 aromatic rings. The Morgan fingerprint density at radius 2 is 1.31 bits per heavy atom. The molecule has 0 aliphatic heterocycles. The van der Waals surface area contributed by atoms with Crippen LogP contribution in [0.15, 0.2) is 18.2 Å². The molecular formula is C28H43NO10. The maximum absolute atomic E-state index is 12.4. The van der Waals surface area contributed by atoms with E-state index < -0.39 is 30.4 Å². The van der Waals surface area contributed by atoms with Crippen LogP contribution in [0.1, 0.15) is 66.9 Å². The average Bonchev–Trinajstić information content (AvgIpc) is 2.85. The van der Waals surface area contributed by atoms with Crippen molar-refractivity contribution in [2.75, 3.05) is 19.8 Å². The van der Waals surface area contributed by atoms with Crippen molar-refractivity contribution in [3.8, 4) is 11.5 Å². The van der Waals surface area contributed by atoms with Gasteiger partial charge in [-0.25, -0.2) is 9.59 Å². The van der Waals surface area contributed by atoms with Crippen molar-refractivity contribution in [3.63, 3.8) is 0 Å².